The van der Waals surface area contributed by atoms with Gasteiger partial charge in [-0.2, -0.15) is 0 Å². The zero-order valence-electron chi connectivity index (χ0n) is 21.6. The Kier molecular flexibility index (Phi) is 9.30. The van der Waals surface area contributed by atoms with Crippen LogP contribution in [-0.4, -0.2) is 8.07 Å². The van der Waals surface area contributed by atoms with E-state index in [4.69, 9.17) is 0 Å². The van der Waals surface area contributed by atoms with Crippen molar-refractivity contribution in [2.75, 3.05) is 0 Å². The normalized spacial score (nSPS) is 25.4. The van der Waals surface area contributed by atoms with Crippen LogP contribution in [0.4, 0.5) is 0 Å². The molecule has 0 amide bonds. The van der Waals surface area contributed by atoms with Gasteiger partial charge in [0.1, 0.15) is 0 Å². The molecule has 0 aromatic heterocycles. The Morgan fingerprint density at radius 1 is 0.636 bits per heavy atom. The van der Waals surface area contributed by atoms with E-state index in [1.54, 1.807) is 42.6 Å². The smallest absolute Gasteiger partial charge is 0.0536 e. The lowest BCUT2D eigenvalue weighted by molar-refractivity contribution is 0.407. The van der Waals surface area contributed by atoms with E-state index in [9.17, 15) is 0 Å². The molecule has 0 N–H and O–H groups in total. The van der Waals surface area contributed by atoms with Crippen molar-refractivity contribution in [1.82, 2.24) is 0 Å². The van der Waals surface area contributed by atoms with E-state index >= 15 is 0 Å². The molecular weight excluding hydrogens is 412 g/mol. The van der Waals surface area contributed by atoms with Crippen LogP contribution >= 0.6 is 0 Å². The summed E-state index contributed by atoms with van der Waals surface area (Å²) in [5.41, 5.74) is 5.83. The van der Waals surface area contributed by atoms with Crippen molar-refractivity contribution in [3.05, 3.63) is 59.7 Å². The van der Waals surface area contributed by atoms with Gasteiger partial charge in [0.15, 0.2) is 0 Å². The molecule has 1 spiro atoms. The number of aryl methyl sites for hydroxylation is 1. The first kappa shape index (κ1) is 24.8. The number of benzene rings is 2. The molecule has 1 heteroatoms. The number of hydrogen-bond acceptors (Lipinski definition) is 0. The molecule has 2 aromatic rings. The van der Waals surface area contributed by atoms with Crippen LogP contribution in [0.2, 0.25) is 24.2 Å². The van der Waals surface area contributed by atoms with Crippen LogP contribution < -0.4 is 0 Å². The Labute approximate surface area is 205 Å². The molecule has 2 aliphatic heterocycles. The molecule has 2 aliphatic rings. The summed E-state index contributed by atoms with van der Waals surface area (Å²) < 4.78 is 0. The van der Waals surface area contributed by atoms with Crippen molar-refractivity contribution in [2.45, 2.75) is 121 Å². The standard InChI is InChI=1S/C32H48Si/c1-3-5-7-9-27-11-13-29(14-12-27)30-15-17-31(18-16-30)32-21-25-33(26-22-32)23-19-28(20-24-33)10-8-6-4-2/h11-18,28,32H,3-10,19-26H2,1-2H3. The van der Waals surface area contributed by atoms with Crippen LogP contribution in [0.15, 0.2) is 48.5 Å². The van der Waals surface area contributed by atoms with Gasteiger partial charge in [0.2, 0.25) is 0 Å². The first-order valence-corrected chi connectivity index (χ1v) is 17.2. The summed E-state index contributed by atoms with van der Waals surface area (Å²) >= 11 is 0. The van der Waals surface area contributed by atoms with Gasteiger partial charge in [0.25, 0.3) is 0 Å². The van der Waals surface area contributed by atoms with Gasteiger partial charge in [-0.05, 0) is 59.8 Å². The fourth-order valence-electron chi connectivity index (χ4n) is 6.72. The van der Waals surface area contributed by atoms with Crippen LogP contribution in [-0.2, 0) is 6.42 Å². The third-order valence-corrected chi connectivity index (χ3v) is 14.6. The Bertz CT molecular complexity index is 801. The zero-order chi connectivity index (χ0) is 22.9. The summed E-state index contributed by atoms with van der Waals surface area (Å²) in [6, 6.07) is 25.5. The first-order valence-electron chi connectivity index (χ1n) is 14.4. The van der Waals surface area contributed by atoms with E-state index in [1.807, 2.05) is 0 Å². The van der Waals surface area contributed by atoms with Crippen molar-refractivity contribution in [3.8, 4) is 11.1 Å². The van der Waals surface area contributed by atoms with E-state index in [2.05, 4.69) is 62.4 Å². The topological polar surface area (TPSA) is 0 Å². The molecule has 0 nitrogen and oxygen atoms in total. The summed E-state index contributed by atoms with van der Waals surface area (Å²) in [5, 5.41) is 0. The second kappa shape index (κ2) is 12.4. The van der Waals surface area contributed by atoms with Crippen molar-refractivity contribution >= 4 is 8.07 Å². The van der Waals surface area contributed by atoms with Gasteiger partial charge in [0, 0.05) is 0 Å². The van der Waals surface area contributed by atoms with Crippen LogP contribution in [0.3, 0.4) is 0 Å². The van der Waals surface area contributed by atoms with Gasteiger partial charge < -0.3 is 0 Å². The van der Waals surface area contributed by atoms with Crippen LogP contribution in [0.5, 0.6) is 0 Å². The minimum atomic E-state index is -0.915. The van der Waals surface area contributed by atoms with Crippen molar-refractivity contribution in [2.24, 2.45) is 5.92 Å². The lowest BCUT2D eigenvalue weighted by Crippen LogP contribution is -2.41. The summed E-state index contributed by atoms with van der Waals surface area (Å²) in [4.78, 5) is 0. The second-order valence-corrected chi connectivity index (χ2v) is 16.5. The largest absolute Gasteiger partial charge is 0.0654 e. The number of rotatable bonds is 10. The van der Waals surface area contributed by atoms with E-state index in [0.717, 1.165) is 11.8 Å². The lowest BCUT2D eigenvalue weighted by Gasteiger charge is -2.43. The Hall–Kier alpha value is -1.34. The number of hydrogen-bond donors (Lipinski definition) is 0. The van der Waals surface area contributed by atoms with Gasteiger partial charge in [-0.3, -0.25) is 0 Å². The molecule has 0 unspecified atom stereocenters. The zero-order valence-corrected chi connectivity index (χ0v) is 22.6. The van der Waals surface area contributed by atoms with E-state index in [0.29, 0.717) is 0 Å². The highest BCUT2D eigenvalue weighted by Gasteiger charge is 2.40. The molecule has 180 valence electrons. The first-order chi connectivity index (χ1) is 16.2. The monoisotopic (exact) mass is 460 g/mol. The highest BCUT2D eigenvalue weighted by molar-refractivity contribution is 6.80. The average Bonchev–Trinajstić information content (AvgIpc) is 2.87. The minimum Gasteiger partial charge on any atom is -0.0654 e. The van der Waals surface area contributed by atoms with Gasteiger partial charge in [-0.15, -0.1) is 0 Å². The molecule has 2 aromatic carbocycles. The maximum atomic E-state index is 2.44. The molecular formula is C32H48Si. The molecule has 2 fully saturated rings. The highest BCUT2D eigenvalue weighted by atomic mass is 28.3. The van der Waals surface area contributed by atoms with Crippen LogP contribution in [0.25, 0.3) is 11.1 Å². The van der Waals surface area contributed by atoms with Crippen molar-refractivity contribution in [3.63, 3.8) is 0 Å². The summed E-state index contributed by atoms with van der Waals surface area (Å²) in [5.74, 6) is 1.89. The fraction of sp³-hybridized carbons (Fsp3) is 0.625. The Balaban J connectivity index is 1.26. The van der Waals surface area contributed by atoms with E-state index < -0.39 is 8.07 Å². The van der Waals surface area contributed by atoms with E-state index in [-0.39, 0.29) is 0 Å². The fourth-order valence-corrected chi connectivity index (χ4v) is 12.2. The van der Waals surface area contributed by atoms with Gasteiger partial charge >= 0.3 is 0 Å². The number of unbranched alkanes of at least 4 members (excludes halogenated alkanes) is 4. The average molecular weight is 461 g/mol. The lowest BCUT2D eigenvalue weighted by atomic mass is 9.91. The maximum Gasteiger partial charge on any atom is 0.0536 e. The molecule has 2 saturated heterocycles. The van der Waals surface area contributed by atoms with Crippen molar-refractivity contribution < 1.29 is 0 Å². The van der Waals surface area contributed by atoms with E-state index in [1.165, 1.54) is 80.9 Å². The molecule has 4 rings (SSSR count). The third-order valence-electron chi connectivity index (χ3n) is 9.17. The third kappa shape index (κ3) is 6.84. The molecule has 0 bridgehead atoms. The summed E-state index contributed by atoms with van der Waals surface area (Å²) in [7, 11) is -0.915. The Morgan fingerprint density at radius 3 is 1.79 bits per heavy atom. The Morgan fingerprint density at radius 2 is 1.18 bits per heavy atom. The SMILES string of the molecule is CCCCCc1ccc(-c2ccc(C3CC[Si]4(CCC(CCCCC)CC4)CC3)cc2)cc1. The van der Waals surface area contributed by atoms with Gasteiger partial charge in [-0.25, -0.2) is 0 Å². The molecule has 0 aliphatic carbocycles. The van der Waals surface area contributed by atoms with Gasteiger partial charge in [-0.1, -0.05) is 138 Å². The van der Waals surface area contributed by atoms with Crippen LogP contribution in [0.1, 0.15) is 102 Å². The predicted octanol–water partition coefficient (Wildman–Crippen LogP) is 10.4. The highest BCUT2D eigenvalue weighted by Crippen LogP contribution is 2.47. The van der Waals surface area contributed by atoms with Crippen molar-refractivity contribution in [1.29, 1.82) is 0 Å². The predicted molar refractivity (Wildman–Crippen MR) is 149 cm³/mol. The second-order valence-electron chi connectivity index (χ2n) is 11.5. The maximum absolute atomic E-state index is 2.44. The quantitative estimate of drug-likeness (QED) is 0.244. The molecule has 33 heavy (non-hydrogen) atoms. The minimum absolute atomic E-state index is 0.820. The molecule has 0 radical (unpaired) electrons. The van der Waals surface area contributed by atoms with Gasteiger partial charge in [0.05, 0.1) is 8.07 Å². The summed E-state index contributed by atoms with van der Waals surface area (Å²) in [6.07, 6.45) is 17.1. The molecule has 2 heterocycles. The molecule has 0 atom stereocenters. The van der Waals surface area contributed by atoms with Crippen LogP contribution in [0, 0.1) is 5.92 Å². The summed E-state index contributed by atoms with van der Waals surface area (Å²) in [6.45, 7) is 4.61. The molecule has 0 saturated carbocycles.